The second-order valence-corrected chi connectivity index (χ2v) is 6.84. The van der Waals surface area contributed by atoms with Gasteiger partial charge in [0.25, 0.3) is 0 Å². The van der Waals surface area contributed by atoms with Crippen LogP contribution in [0.2, 0.25) is 0 Å². The van der Waals surface area contributed by atoms with Crippen LogP contribution in [0.3, 0.4) is 0 Å². The van der Waals surface area contributed by atoms with Crippen LogP contribution < -0.4 is 4.74 Å². The number of para-hydroxylation sites is 1. The summed E-state index contributed by atoms with van der Waals surface area (Å²) in [6.45, 7) is 1.68. The fraction of sp³-hybridized carbons (Fsp3) is 0.111. The van der Waals surface area contributed by atoms with Crippen LogP contribution in [0.5, 0.6) is 5.75 Å². The first kappa shape index (κ1) is 17.3. The summed E-state index contributed by atoms with van der Waals surface area (Å²) in [5, 5.41) is 17.9. The topological polar surface area (TPSA) is 90.9 Å². The predicted octanol–water partition coefficient (Wildman–Crippen LogP) is 3.24. The lowest BCUT2D eigenvalue weighted by Crippen LogP contribution is -2.04. The number of aryl methyl sites for hydroxylation is 1. The van der Waals surface area contributed by atoms with Crippen molar-refractivity contribution in [1.29, 1.82) is 10.5 Å². The van der Waals surface area contributed by atoms with Gasteiger partial charge in [0.1, 0.15) is 22.8 Å². The number of hydrogen-bond acceptors (Lipinski definition) is 5. The molecular weight excluding hydrogens is 324 g/mol. The van der Waals surface area contributed by atoms with E-state index < -0.39 is 9.84 Å². The molecule has 0 fully saturated rings. The van der Waals surface area contributed by atoms with Crippen LogP contribution in [0.4, 0.5) is 0 Å². The van der Waals surface area contributed by atoms with E-state index in [2.05, 4.69) is 0 Å². The van der Waals surface area contributed by atoms with Gasteiger partial charge in [-0.3, -0.25) is 0 Å². The Balaban J connectivity index is 2.49. The van der Waals surface area contributed by atoms with Crippen LogP contribution in [0.1, 0.15) is 11.1 Å². The van der Waals surface area contributed by atoms with E-state index in [0.29, 0.717) is 11.3 Å². The molecule has 0 heterocycles. The Morgan fingerprint density at radius 2 is 1.79 bits per heavy atom. The Kier molecular flexibility index (Phi) is 5.36. The highest BCUT2D eigenvalue weighted by molar-refractivity contribution is 7.95. The van der Waals surface area contributed by atoms with Crippen molar-refractivity contribution in [2.75, 3.05) is 6.61 Å². The molecule has 0 bridgehead atoms. The van der Waals surface area contributed by atoms with Crippen LogP contribution in [0.15, 0.2) is 58.3 Å². The summed E-state index contributed by atoms with van der Waals surface area (Å²) in [7, 11) is -3.92. The third-order valence-corrected chi connectivity index (χ3v) is 4.91. The number of ether oxygens (including phenoxy) is 1. The molecule has 0 unspecified atom stereocenters. The fourth-order valence-corrected chi connectivity index (χ4v) is 3.15. The third-order valence-electron chi connectivity index (χ3n) is 3.23. The minimum atomic E-state index is -3.92. The molecule has 24 heavy (non-hydrogen) atoms. The lowest BCUT2D eigenvalue weighted by molar-refractivity contribution is 0.367. The molecule has 0 N–H and O–H groups in total. The molecule has 0 spiro atoms. The van der Waals surface area contributed by atoms with Gasteiger partial charge in [0.05, 0.1) is 4.90 Å². The molecule has 2 aromatic carbocycles. The van der Waals surface area contributed by atoms with E-state index in [-0.39, 0.29) is 16.4 Å². The maximum atomic E-state index is 12.6. The van der Waals surface area contributed by atoms with E-state index >= 15 is 0 Å². The molecule has 0 aromatic heterocycles. The predicted molar refractivity (Wildman–Crippen MR) is 89.5 cm³/mol. The van der Waals surface area contributed by atoms with Crippen LogP contribution in [-0.2, 0) is 9.84 Å². The zero-order chi connectivity index (χ0) is 17.6. The average Bonchev–Trinajstić information content (AvgIpc) is 2.58. The summed E-state index contributed by atoms with van der Waals surface area (Å²) in [5.41, 5.74) is 1.34. The largest absolute Gasteiger partial charge is 0.478 e. The molecule has 0 atom stereocenters. The van der Waals surface area contributed by atoms with E-state index in [4.69, 9.17) is 10.00 Å². The maximum Gasteiger partial charge on any atom is 0.216 e. The molecule has 0 aliphatic heterocycles. The van der Waals surface area contributed by atoms with Gasteiger partial charge in [-0.1, -0.05) is 35.9 Å². The summed E-state index contributed by atoms with van der Waals surface area (Å²) in [5.74, 6) is 0.339. The highest BCUT2D eigenvalue weighted by atomic mass is 32.2. The first-order valence-electron chi connectivity index (χ1n) is 7.01. The highest BCUT2D eigenvalue weighted by Gasteiger charge is 2.21. The van der Waals surface area contributed by atoms with Crippen molar-refractivity contribution in [3.8, 4) is 17.9 Å². The van der Waals surface area contributed by atoms with Gasteiger partial charge >= 0.3 is 0 Å². The number of allylic oxidation sites excluding steroid dienone is 1. The van der Waals surface area contributed by atoms with E-state index in [1.165, 1.54) is 18.2 Å². The van der Waals surface area contributed by atoms with E-state index in [1.807, 2.05) is 13.0 Å². The summed E-state index contributed by atoms with van der Waals surface area (Å²) >= 11 is 0. The Morgan fingerprint density at radius 3 is 2.42 bits per heavy atom. The number of nitriles is 2. The Hall–Kier alpha value is -3.09. The summed E-state index contributed by atoms with van der Waals surface area (Å²) < 4.78 is 30.5. The molecular formula is C18H14N2O3S. The van der Waals surface area contributed by atoms with Crippen LogP contribution in [-0.4, -0.2) is 15.0 Å². The molecule has 6 heteroatoms. The van der Waals surface area contributed by atoms with Crippen molar-refractivity contribution in [1.82, 2.24) is 0 Å². The number of sulfone groups is 1. The standard InChI is InChI=1S/C18H14N2O3S/c1-14-6-8-16(9-7-14)24(21,22)17(13-20)12-15-4-2-3-5-18(15)23-11-10-19/h2-9,12H,11H2,1H3/b17-12+. The number of nitrogens with zero attached hydrogens (tertiary/aromatic N) is 2. The monoisotopic (exact) mass is 338 g/mol. The average molecular weight is 338 g/mol. The van der Waals surface area contributed by atoms with Gasteiger partial charge in [0, 0.05) is 5.56 Å². The molecule has 0 saturated carbocycles. The Labute approximate surface area is 141 Å². The van der Waals surface area contributed by atoms with Crippen molar-refractivity contribution in [3.63, 3.8) is 0 Å². The van der Waals surface area contributed by atoms with E-state index in [9.17, 15) is 13.7 Å². The molecule has 0 aliphatic rings. The zero-order valence-electron chi connectivity index (χ0n) is 12.9. The molecule has 0 saturated heterocycles. The fourth-order valence-electron chi connectivity index (χ4n) is 2.00. The lowest BCUT2D eigenvalue weighted by atomic mass is 10.2. The van der Waals surface area contributed by atoms with Gasteiger partial charge in [-0.2, -0.15) is 10.5 Å². The van der Waals surface area contributed by atoms with E-state index in [1.54, 1.807) is 42.5 Å². The van der Waals surface area contributed by atoms with Crippen molar-refractivity contribution >= 4 is 15.9 Å². The minimum absolute atomic E-state index is 0.0522. The number of rotatable bonds is 5. The summed E-state index contributed by atoms with van der Waals surface area (Å²) in [6.07, 6.45) is 1.25. The van der Waals surface area contributed by atoms with Crippen molar-refractivity contribution in [3.05, 3.63) is 64.6 Å². The van der Waals surface area contributed by atoms with Crippen LogP contribution >= 0.6 is 0 Å². The summed E-state index contributed by atoms with van der Waals surface area (Å²) in [4.78, 5) is -0.337. The maximum absolute atomic E-state index is 12.6. The second kappa shape index (κ2) is 7.45. The van der Waals surface area contributed by atoms with E-state index in [0.717, 1.165) is 5.56 Å². The normalized spacial score (nSPS) is 11.4. The second-order valence-electron chi connectivity index (χ2n) is 4.92. The quantitative estimate of drug-likeness (QED) is 0.781. The van der Waals surface area contributed by atoms with Gasteiger partial charge < -0.3 is 4.74 Å². The molecule has 120 valence electrons. The first-order chi connectivity index (χ1) is 11.5. The van der Waals surface area contributed by atoms with Crippen LogP contribution in [0.25, 0.3) is 6.08 Å². The van der Waals surface area contributed by atoms with Gasteiger partial charge in [0.15, 0.2) is 6.61 Å². The van der Waals surface area contributed by atoms with Gasteiger partial charge in [0.2, 0.25) is 9.84 Å². The Bertz CT molecular complexity index is 947. The number of hydrogen-bond donors (Lipinski definition) is 0. The van der Waals surface area contributed by atoms with Crippen molar-refractivity contribution in [2.45, 2.75) is 11.8 Å². The molecule has 0 radical (unpaired) electrons. The smallest absolute Gasteiger partial charge is 0.216 e. The lowest BCUT2D eigenvalue weighted by Gasteiger charge is -2.07. The van der Waals surface area contributed by atoms with Crippen LogP contribution in [0, 0.1) is 29.6 Å². The first-order valence-corrected chi connectivity index (χ1v) is 8.49. The zero-order valence-corrected chi connectivity index (χ0v) is 13.7. The molecule has 2 rings (SSSR count). The van der Waals surface area contributed by atoms with Crippen molar-refractivity contribution < 1.29 is 13.2 Å². The molecule has 5 nitrogen and oxygen atoms in total. The van der Waals surface area contributed by atoms with Gasteiger partial charge in [-0.05, 0) is 31.2 Å². The summed E-state index contributed by atoms with van der Waals surface area (Å²) in [6, 6.07) is 16.5. The minimum Gasteiger partial charge on any atom is -0.478 e. The molecule has 0 amide bonds. The molecule has 2 aromatic rings. The number of benzene rings is 2. The van der Waals surface area contributed by atoms with Gasteiger partial charge in [-0.15, -0.1) is 0 Å². The third kappa shape index (κ3) is 3.81. The SMILES string of the molecule is Cc1ccc(S(=O)(=O)/C(C#N)=C/c2ccccc2OCC#N)cc1. The van der Waals surface area contributed by atoms with Crippen molar-refractivity contribution in [2.24, 2.45) is 0 Å². The Morgan fingerprint density at radius 1 is 1.12 bits per heavy atom. The molecule has 0 aliphatic carbocycles. The van der Waals surface area contributed by atoms with Gasteiger partial charge in [-0.25, -0.2) is 8.42 Å². The highest BCUT2D eigenvalue weighted by Crippen LogP contribution is 2.25.